The van der Waals surface area contributed by atoms with Gasteiger partial charge in [0.25, 0.3) is 0 Å². The average Bonchev–Trinajstić information content (AvgIpc) is 3.38. The second-order valence-electron chi connectivity index (χ2n) is 6.16. The van der Waals surface area contributed by atoms with Crippen molar-refractivity contribution in [2.45, 2.75) is 19.4 Å². The maximum Gasteiger partial charge on any atom is 0.244 e. The number of amides is 2. The van der Waals surface area contributed by atoms with E-state index in [2.05, 4.69) is 15.5 Å². The molecular formula is C18H17N5O2S2. The third kappa shape index (κ3) is 3.69. The van der Waals surface area contributed by atoms with Gasteiger partial charge in [0.15, 0.2) is 10.6 Å². The third-order valence-corrected chi connectivity index (χ3v) is 5.49. The number of carbonyl (C=O) groups excluding carboxylic acids is 2. The van der Waals surface area contributed by atoms with Crippen LogP contribution in [0.1, 0.15) is 12.8 Å². The van der Waals surface area contributed by atoms with Gasteiger partial charge in [-0.1, -0.05) is 12.1 Å². The molecule has 1 saturated heterocycles. The fourth-order valence-corrected chi connectivity index (χ4v) is 3.99. The molecule has 3 heterocycles. The third-order valence-electron chi connectivity index (χ3n) is 4.32. The summed E-state index contributed by atoms with van der Waals surface area (Å²) < 4.78 is 2.06. The van der Waals surface area contributed by atoms with Crippen molar-refractivity contribution in [1.29, 1.82) is 0 Å². The van der Waals surface area contributed by atoms with E-state index in [1.807, 2.05) is 35.7 Å². The zero-order valence-electron chi connectivity index (χ0n) is 14.3. The highest BCUT2D eigenvalue weighted by molar-refractivity contribution is 7.71. The zero-order chi connectivity index (χ0) is 18.8. The average molecular weight is 400 g/mol. The number of hydrogen-bond acceptors (Lipinski definition) is 5. The van der Waals surface area contributed by atoms with Crippen LogP contribution in [-0.4, -0.2) is 33.1 Å². The topological polar surface area (TPSA) is 83.0 Å². The number of thiophene rings is 1. The van der Waals surface area contributed by atoms with E-state index in [0.29, 0.717) is 29.2 Å². The molecule has 2 aromatic heterocycles. The molecule has 4 rings (SSSR count). The summed E-state index contributed by atoms with van der Waals surface area (Å²) in [7, 11) is 0. The minimum Gasteiger partial charge on any atom is -0.324 e. The lowest BCUT2D eigenvalue weighted by molar-refractivity contribution is -0.117. The minimum absolute atomic E-state index is 0.0510. The number of hydrogen-bond donors (Lipinski definition) is 2. The van der Waals surface area contributed by atoms with Crippen molar-refractivity contribution in [2.75, 3.05) is 16.8 Å². The number of aromatic nitrogens is 3. The quantitative estimate of drug-likeness (QED) is 0.644. The van der Waals surface area contributed by atoms with E-state index < -0.39 is 0 Å². The van der Waals surface area contributed by atoms with Crippen molar-refractivity contribution in [3.63, 3.8) is 0 Å². The van der Waals surface area contributed by atoms with E-state index in [1.165, 1.54) is 11.3 Å². The van der Waals surface area contributed by atoms with Crippen LogP contribution in [0.25, 0.3) is 10.7 Å². The van der Waals surface area contributed by atoms with Gasteiger partial charge in [-0.3, -0.25) is 19.3 Å². The molecule has 0 saturated carbocycles. The number of nitrogens with one attached hydrogen (secondary N) is 2. The number of anilines is 2. The Hall–Kier alpha value is -2.78. The Balaban J connectivity index is 1.50. The molecule has 0 spiro atoms. The lowest BCUT2D eigenvalue weighted by Crippen LogP contribution is -2.24. The first kappa shape index (κ1) is 17.6. The van der Waals surface area contributed by atoms with Crippen molar-refractivity contribution in [3.05, 3.63) is 46.5 Å². The van der Waals surface area contributed by atoms with Crippen LogP contribution >= 0.6 is 23.6 Å². The summed E-state index contributed by atoms with van der Waals surface area (Å²) in [5.74, 6) is 0.542. The maximum atomic E-state index is 12.6. The summed E-state index contributed by atoms with van der Waals surface area (Å²) in [4.78, 5) is 27.2. The Kier molecular flexibility index (Phi) is 4.87. The Morgan fingerprint density at radius 1 is 1.33 bits per heavy atom. The predicted molar refractivity (Wildman–Crippen MR) is 107 cm³/mol. The fourth-order valence-electron chi connectivity index (χ4n) is 3.08. The molecule has 7 nitrogen and oxygen atoms in total. The zero-order valence-corrected chi connectivity index (χ0v) is 16.0. The molecule has 0 unspecified atom stereocenters. The van der Waals surface area contributed by atoms with Gasteiger partial charge in [-0.2, -0.15) is 5.10 Å². The smallest absolute Gasteiger partial charge is 0.244 e. The minimum atomic E-state index is -0.213. The van der Waals surface area contributed by atoms with Gasteiger partial charge >= 0.3 is 0 Å². The van der Waals surface area contributed by atoms with Crippen molar-refractivity contribution >= 4 is 46.7 Å². The van der Waals surface area contributed by atoms with Crippen molar-refractivity contribution in [3.8, 4) is 10.7 Å². The second-order valence-corrected chi connectivity index (χ2v) is 7.50. The Bertz CT molecular complexity index is 1040. The highest BCUT2D eigenvalue weighted by Crippen LogP contribution is 2.25. The number of aromatic amines is 1. The number of benzene rings is 1. The van der Waals surface area contributed by atoms with Crippen LogP contribution in [0.2, 0.25) is 0 Å². The standard InChI is InChI=1S/C18H17N5O2S2/c24-15(11-23-17(20-21-18(23)26)14-6-3-9-27-14)19-12-4-1-5-13(10-12)22-8-2-7-16(22)25/h1,3-6,9-10H,2,7-8,11H2,(H,19,24)(H,21,26). The number of H-pyrrole nitrogens is 1. The van der Waals surface area contributed by atoms with Gasteiger partial charge in [0.2, 0.25) is 11.8 Å². The van der Waals surface area contributed by atoms with E-state index in [9.17, 15) is 9.59 Å². The second kappa shape index (κ2) is 7.45. The summed E-state index contributed by atoms with van der Waals surface area (Å²) in [5, 5.41) is 11.8. The molecule has 0 bridgehead atoms. The lowest BCUT2D eigenvalue weighted by atomic mass is 10.2. The molecule has 3 aromatic rings. The van der Waals surface area contributed by atoms with Gasteiger partial charge < -0.3 is 10.2 Å². The van der Waals surface area contributed by atoms with E-state index >= 15 is 0 Å². The Labute approximate surface area is 164 Å². The van der Waals surface area contributed by atoms with Gasteiger partial charge in [0.1, 0.15) is 6.54 Å². The Morgan fingerprint density at radius 2 is 2.22 bits per heavy atom. The SMILES string of the molecule is O=C(Cn1c(-c2cccs2)n[nH]c1=S)Nc1cccc(N2CCCC2=O)c1. The predicted octanol–water partition coefficient (Wildman–Crippen LogP) is 3.43. The van der Waals surface area contributed by atoms with E-state index in [1.54, 1.807) is 15.5 Å². The van der Waals surface area contributed by atoms with Crippen LogP contribution in [-0.2, 0) is 16.1 Å². The van der Waals surface area contributed by atoms with Crippen molar-refractivity contribution < 1.29 is 9.59 Å². The molecule has 1 fully saturated rings. The van der Waals surface area contributed by atoms with Crippen LogP contribution in [0.4, 0.5) is 11.4 Å². The maximum absolute atomic E-state index is 12.6. The summed E-state index contributed by atoms with van der Waals surface area (Å²) in [6.07, 6.45) is 1.43. The molecule has 1 aliphatic rings. The van der Waals surface area contributed by atoms with Crippen LogP contribution in [0, 0.1) is 4.77 Å². The summed E-state index contributed by atoms with van der Waals surface area (Å²) in [6, 6.07) is 11.2. The monoisotopic (exact) mass is 399 g/mol. The van der Waals surface area contributed by atoms with Gasteiger partial charge in [-0.05, 0) is 48.3 Å². The van der Waals surface area contributed by atoms with Gasteiger partial charge in [-0.25, -0.2) is 0 Å². The molecule has 2 amide bonds. The van der Waals surface area contributed by atoms with Crippen molar-refractivity contribution in [1.82, 2.24) is 14.8 Å². The molecule has 1 aromatic carbocycles. The fraction of sp³-hybridized carbons (Fsp3) is 0.222. The van der Waals surface area contributed by atoms with Gasteiger partial charge in [0.05, 0.1) is 4.88 Å². The van der Waals surface area contributed by atoms with Crippen LogP contribution in [0.3, 0.4) is 0 Å². The number of nitrogens with zero attached hydrogens (tertiary/aromatic N) is 3. The molecular weight excluding hydrogens is 382 g/mol. The van der Waals surface area contributed by atoms with E-state index in [4.69, 9.17) is 12.2 Å². The van der Waals surface area contributed by atoms with E-state index in [-0.39, 0.29) is 18.4 Å². The number of carbonyl (C=O) groups is 2. The van der Waals surface area contributed by atoms with Gasteiger partial charge in [-0.15, -0.1) is 11.3 Å². The highest BCUT2D eigenvalue weighted by Gasteiger charge is 2.22. The van der Waals surface area contributed by atoms with Crippen molar-refractivity contribution in [2.24, 2.45) is 0 Å². The largest absolute Gasteiger partial charge is 0.324 e. The molecule has 0 radical (unpaired) electrons. The first-order valence-corrected chi connectivity index (χ1v) is 9.80. The summed E-state index contributed by atoms with van der Waals surface area (Å²) in [5.41, 5.74) is 1.44. The van der Waals surface area contributed by atoms with Crippen LogP contribution < -0.4 is 10.2 Å². The van der Waals surface area contributed by atoms with E-state index in [0.717, 1.165) is 17.0 Å². The summed E-state index contributed by atoms with van der Waals surface area (Å²) >= 11 is 6.79. The highest BCUT2D eigenvalue weighted by atomic mass is 32.1. The molecule has 2 N–H and O–H groups in total. The molecule has 27 heavy (non-hydrogen) atoms. The lowest BCUT2D eigenvalue weighted by Gasteiger charge is -2.17. The molecule has 0 aliphatic carbocycles. The first-order chi connectivity index (χ1) is 13.1. The molecule has 138 valence electrons. The normalized spacial score (nSPS) is 13.9. The first-order valence-electron chi connectivity index (χ1n) is 8.51. The van der Waals surface area contributed by atoms with Crippen LogP contribution in [0.15, 0.2) is 41.8 Å². The number of rotatable bonds is 5. The molecule has 1 aliphatic heterocycles. The van der Waals surface area contributed by atoms with Gasteiger partial charge in [0, 0.05) is 24.3 Å². The van der Waals surface area contributed by atoms with Crippen LogP contribution in [0.5, 0.6) is 0 Å². The molecule has 0 atom stereocenters. The Morgan fingerprint density at radius 3 is 2.96 bits per heavy atom. The summed E-state index contributed by atoms with van der Waals surface area (Å²) in [6.45, 7) is 0.764. The molecule has 9 heteroatoms.